The van der Waals surface area contributed by atoms with Crippen molar-refractivity contribution in [3.8, 4) is 11.6 Å². The first-order chi connectivity index (χ1) is 9.81. The number of benzene rings is 1. The molecule has 0 spiro atoms. The van der Waals surface area contributed by atoms with Crippen molar-refractivity contribution in [1.82, 2.24) is 14.8 Å². The summed E-state index contributed by atoms with van der Waals surface area (Å²) in [5.41, 5.74) is 1.13. The number of rotatable bonds is 4. The van der Waals surface area contributed by atoms with Gasteiger partial charge < -0.3 is 4.74 Å². The van der Waals surface area contributed by atoms with Crippen molar-refractivity contribution in [1.29, 1.82) is 0 Å². The maximum atomic E-state index is 5.70. The van der Waals surface area contributed by atoms with E-state index >= 15 is 0 Å². The fourth-order valence-corrected chi connectivity index (χ4v) is 1.99. The zero-order chi connectivity index (χ0) is 13.8. The first kappa shape index (κ1) is 12.9. The molecule has 5 heteroatoms. The minimum absolute atomic E-state index is 0.528. The van der Waals surface area contributed by atoms with E-state index in [-0.39, 0.29) is 0 Å². The number of hydrogen-bond acceptors (Lipinski definition) is 3. The standard InChI is InChI=1S/C15H12BrN3O/c16-13-6-7-15(17-8-13)19-10-14(9-18-19)20-11-12-4-2-1-3-5-12/h1-10H,11H2. The van der Waals surface area contributed by atoms with Gasteiger partial charge >= 0.3 is 0 Å². The molecule has 0 unspecified atom stereocenters. The molecule has 0 radical (unpaired) electrons. The zero-order valence-electron chi connectivity index (χ0n) is 10.6. The molecule has 0 aliphatic heterocycles. The van der Waals surface area contributed by atoms with Crippen LogP contribution in [-0.4, -0.2) is 14.8 Å². The molecule has 0 aliphatic carbocycles. The molecule has 0 amide bonds. The summed E-state index contributed by atoms with van der Waals surface area (Å²) in [5, 5.41) is 4.24. The van der Waals surface area contributed by atoms with Gasteiger partial charge in [-0.05, 0) is 33.6 Å². The van der Waals surface area contributed by atoms with Gasteiger partial charge in [-0.25, -0.2) is 9.67 Å². The van der Waals surface area contributed by atoms with E-state index < -0.39 is 0 Å². The number of hydrogen-bond donors (Lipinski definition) is 0. The van der Waals surface area contributed by atoms with Crippen molar-refractivity contribution in [2.75, 3.05) is 0 Å². The Morgan fingerprint density at radius 1 is 1.05 bits per heavy atom. The van der Waals surface area contributed by atoms with Crippen LogP contribution in [0.2, 0.25) is 0 Å². The van der Waals surface area contributed by atoms with Crippen molar-refractivity contribution >= 4 is 15.9 Å². The summed E-state index contributed by atoms with van der Waals surface area (Å²) in [6.07, 6.45) is 5.24. The quantitative estimate of drug-likeness (QED) is 0.734. The molecule has 4 nitrogen and oxygen atoms in total. The minimum atomic E-state index is 0.528. The lowest BCUT2D eigenvalue weighted by Crippen LogP contribution is -1.97. The van der Waals surface area contributed by atoms with Crippen LogP contribution in [0.4, 0.5) is 0 Å². The Labute approximate surface area is 125 Å². The summed E-state index contributed by atoms with van der Waals surface area (Å²) in [7, 11) is 0. The lowest BCUT2D eigenvalue weighted by Gasteiger charge is -2.03. The fraction of sp³-hybridized carbons (Fsp3) is 0.0667. The summed E-state index contributed by atoms with van der Waals surface area (Å²) < 4.78 is 8.32. The van der Waals surface area contributed by atoms with E-state index in [1.54, 1.807) is 17.1 Å². The fourth-order valence-electron chi connectivity index (χ4n) is 1.75. The average Bonchev–Trinajstić information content (AvgIpc) is 2.96. The van der Waals surface area contributed by atoms with E-state index in [0.717, 1.165) is 21.6 Å². The first-order valence-corrected chi connectivity index (χ1v) is 6.94. The number of nitrogens with zero attached hydrogens (tertiary/aromatic N) is 3. The van der Waals surface area contributed by atoms with E-state index in [0.29, 0.717) is 6.61 Å². The Balaban J connectivity index is 1.69. The van der Waals surface area contributed by atoms with E-state index in [1.165, 1.54) is 0 Å². The molecule has 3 aromatic rings. The molecule has 0 saturated carbocycles. The highest BCUT2D eigenvalue weighted by molar-refractivity contribution is 9.10. The topological polar surface area (TPSA) is 39.9 Å². The summed E-state index contributed by atoms with van der Waals surface area (Å²) in [6.45, 7) is 0.528. The second-order valence-electron chi connectivity index (χ2n) is 4.23. The van der Waals surface area contributed by atoms with Crippen LogP contribution < -0.4 is 4.74 Å². The SMILES string of the molecule is Brc1ccc(-n2cc(OCc3ccccc3)cn2)nc1. The van der Waals surface area contributed by atoms with Gasteiger partial charge in [-0.2, -0.15) is 5.10 Å². The molecule has 0 aliphatic rings. The van der Waals surface area contributed by atoms with E-state index in [9.17, 15) is 0 Å². The van der Waals surface area contributed by atoms with Gasteiger partial charge in [0, 0.05) is 10.7 Å². The number of pyridine rings is 1. The number of halogens is 1. The third-order valence-electron chi connectivity index (χ3n) is 2.75. The van der Waals surface area contributed by atoms with Gasteiger partial charge in [0.15, 0.2) is 11.6 Å². The number of ether oxygens (including phenoxy) is 1. The molecule has 20 heavy (non-hydrogen) atoms. The Morgan fingerprint density at radius 2 is 1.90 bits per heavy atom. The van der Waals surface area contributed by atoms with Gasteiger partial charge in [0.05, 0.1) is 12.4 Å². The van der Waals surface area contributed by atoms with Crippen molar-refractivity contribution in [3.63, 3.8) is 0 Å². The molecule has 0 bridgehead atoms. The molecule has 2 aromatic heterocycles. The summed E-state index contributed by atoms with van der Waals surface area (Å²) in [6, 6.07) is 13.8. The molecule has 0 saturated heterocycles. The smallest absolute Gasteiger partial charge is 0.158 e. The van der Waals surface area contributed by atoms with Crippen LogP contribution in [0.25, 0.3) is 5.82 Å². The van der Waals surface area contributed by atoms with Crippen LogP contribution in [0, 0.1) is 0 Å². The molecule has 2 heterocycles. The maximum Gasteiger partial charge on any atom is 0.158 e. The third-order valence-corrected chi connectivity index (χ3v) is 3.22. The van der Waals surface area contributed by atoms with Crippen LogP contribution in [0.5, 0.6) is 5.75 Å². The van der Waals surface area contributed by atoms with Crippen LogP contribution in [-0.2, 0) is 6.61 Å². The van der Waals surface area contributed by atoms with Crippen LogP contribution in [0.3, 0.4) is 0 Å². The van der Waals surface area contributed by atoms with Crippen molar-refractivity contribution in [2.24, 2.45) is 0 Å². The van der Waals surface area contributed by atoms with Crippen LogP contribution in [0.1, 0.15) is 5.56 Å². The average molecular weight is 330 g/mol. The molecule has 1 aromatic carbocycles. The summed E-state index contributed by atoms with van der Waals surface area (Å²) in [5.74, 6) is 1.47. The maximum absolute atomic E-state index is 5.70. The predicted octanol–water partition coefficient (Wildman–Crippen LogP) is 3.61. The Kier molecular flexibility index (Phi) is 3.78. The van der Waals surface area contributed by atoms with E-state index in [2.05, 4.69) is 26.0 Å². The molecular formula is C15H12BrN3O. The highest BCUT2D eigenvalue weighted by Crippen LogP contribution is 2.15. The second kappa shape index (κ2) is 5.88. The third kappa shape index (κ3) is 3.05. The normalized spacial score (nSPS) is 10.4. The molecule has 100 valence electrons. The molecular weight excluding hydrogens is 318 g/mol. The Morgan fingerprint density at radius 3 is 2.65 bits per heavy atom. The van der Waals surface area contributed by atoms with Gasteiger partial charge in [-0.1, -0.05) is 30.3 Å². The lowest BCUT2D eigenvalue weighted by molar-refractivity contribution is 0.306. The summed E-state index contributed by atoms with van der Waals surface area (Å²) in [4.78, 5) is 4.28. The summed E-state index contributed by atoms with van der Waals surface area (Å²) >= 11 is 3.36. The molecule has 0 fully saturated rings. The highest BCUT2D eigenvalue weighted by Gasteiger charge is 2.03. The van der Waals surface area contributed by atoms with E-state index in [4.69, 9.17) is 4.74 Å². The van der Waals surface area contributed by atoms with Gasteiger partial charge in [-0.15, -0.1) is 0 Å². The minimum Gasteiger partial charge on any atom is -0.486 e. The first-order valence-electron chi connectivity index (χ1n) is 6.14. The van der Waals surface area contributed by atoms with Crippen molar-refractivity contribution in [3.05, 3.63) is 71.1 Å². The monoisotopic (exact) mass is 329 g/mol. The van der Waals surface area contributed by atoms with Gasteiger partial charge in [-0.3, -0.25) is 0 Å². The van der Waals surface area contributed by atoms with Crippen LogP contribution >= 0.6 is 15.9 Å². The van der Waals surface area contributed by atoms with Crippen molar-refractivity contribution < 1.29 is 4.74 Å². The largest absolute Gasteiger partial charge is 0.486 e. The Bertz CT molecular complexity index is 680. The zero-order valence-corrected chi connectivity index (χ0v) is 12.2. The Hall–Kier alpha value is -2.14. The van der Waals surface area contributed by atoms with Gasteiger partial charge in [0.1, 0.15) is 6.61 Å². The number of aromatic nitrogens is 3. The molecule has 0 N–H and O–H groups in total. The van der Waals surface area contributed by atoms with Crippen molar-refractivity contribution in [2.45, 2.75) is 6.61 Å². The second-order valence-corrected chi connectivity index (χ2v) is 5.15. The van der Waals surface area contributed by atoms with Gasteiger partial charge in [0.25, 0.3) is 0 Å². The van der Waals surface area contributed by atoms with Crippen LogP contribution in [0.15, 0.2) is 65.5 Å². The lowest BCUT2D eigenvalue weighted by atomic mass is 10.2. The van der Waals surface area contributed by atoms with E-state index in [1.807, 2.05) is 48.7 Å². The molecule has 0 atom stereocenters. The highest BCUT2D eigenvalue weighted by atomic mass is 79.9. The van der Waals surface area contributed by atoms with Gasteiger partial charge in [0.2, 0.25) is 0 Å². The molecule has 3 rings (SSSR count). The predicted molar refractivity (Wildman–Crippen MR) is 79.8 cm³/mol.